The van der Waals surface area contributed by atoms with Crippen molar-refractivity contribution in [3.05, 3.63) is 34.7 Å². The molecule has 0 radical (unpaired) electrons. The number of nitrogens with zero attached hydrogens (tertiary/aromatic N) is 2. The van der Waals surface area contributed by atoms with Gasteiger partial charge in [0.2, 0.25) is 5.91 Å². The van der Waals surface area contributed by atoms with Crippen molar-refractivity contribution in [1.82, 2.24) is 19.8 Å². The molecular weight excluding hydrogens is 304 g/mol. The zero-order chi connectivity index (χ0) is 14.4. The smallest absolute Gasteiger partial charge is 0.326 e. The SMILES string of the molecule is Cl.O=C(Cn1c(=O)[nH]c2ccccc21)N1C[C@H]2CNC[C@H]2C1. The van der Waals surface area contributed by atoms with Gasteiger partial charge in [0.25, 0.3) is 0 Å². The van der Waals surface area contributed by atoms with E-state index >= 15 is 0 Å². The van der Waals surface area contributed by atoms with E-state index in [9.17, 15) is 9.59 Å². The van der Waals surface area contributed by atoms with Gasteiger partial charge in [-0.1, -0.05) is 12.1 Å². The summed E-state index contributed by atoms with van der Waals surface area (Å²) in [4.78, 5) is 29.2. The van der Waals surface area contributed by atoms with Crippen LogP contribution in [0, 0.1) is 11.8 Å². The molecule has 7 heteroatoms. The summed E-state index contributed by atoms with van der Waals surface area (Å²) in [5.41, 5.74) is 1.35. The second kappa shape index (κ2) is 5.78. The van der Waals surface area contributed by atoms with Gasteiger partial charge in [0.1, 0.15) is 6.54 Å². The van der Waals surface area contributed by atoms with Crippen molar-refractivity contribution >= 4 is 29.3 Å². The molecule has 2 aliphatic heterocycles. The fourth-order valence-corrected chi connectivity index (χ4v) is 3.56. The summed E-state index contributed by atoms with van der Waals surface area (Å²) in [5, 5.41) is 3.36. The Morgan fingerprint density at radius 1 is 1.18 bits per heavy atom. The average molecular weight is 323 g/mol. The van der Waals surface area contributed by atoms with Crippen LogP contribution in [0.1, 0.15) is 0 Å². The van der Waals surface area contributed by atoms with Gasteiger partial charge < -0.3 is 15.2 Å². The van der Waals surface area contributed by atoms with Gasteiger partial charge in [0, 0.05) is 26.2 Å². The first-order valence-corrected chi connectivity index (χ1v) is 7.38. The Bertz CT molecular complexity index is 741. The minimum absolute atomic E-state index is 0. The normalized spacial score (nSPS) is 23.5. The van der Waals surface area contributed by atoms with Crippen molar-refractivity contribution in [2.45, 2.75) is 6.54 Å². The summed E-state index contributed by atoms with van der Waals surface area (Å²) in [6, 6.07) is 7.47. The largest absolute Gasteiger partial charge is 0.340 e. The predicted molar refractivity (Wildman–Crippen MR) is 86.2 cm³/mol. The van der Waals surface area contributed by atoms with Gasteiger partial charge in [-0.05, 0) is 24.0 Å². The zero-order valence-corrected chi connectivity index (χ0v) is 12.9. The van der Waals surface area contributed by atoms with Crippen LogP contribution < -0.4 is 11.0 Å². The van der Waals surface area contributed by atoms with Gasteiger partial charge in [-0.2, -0.15) is 0 Å². The first-order valence-electron chi connectivity index (χ1n) is 7.38. The van der Waals surface area contributed by atoms with Gasteiger partial charge in [0.05, 0.1) is 11.0 Å². The Hall–Kier alpha value is -1.79. The maximum absolute atomic E-state index is 12.5. The average Bonchev–Trinajstić information content (AvgIpc) is 3.12. The number of hydrogen-bond donors (Lipinski definition) is 2. The van der Waals surface area contributed by atoms with Crippen molar-refractivity contribution in [2.24, 2.45) is 11.8 Å². The van der Waals surface area contributed by atoms with Crippen LogP contribution in [0.2, 0.25) is 0 Å². The number of imidazole rings is 1. The number of rotatable bonds is 2. The van der Waals surface area contributed by atoms with Gasteiger partial charge >= 0.3 is 5.69 Å². The van der Waals surface area contributed by atoms with Gasteiger partial charge in [-0.3, -0.25) is 9.36 Å². The van der Waals surface area contributed by atoms with E-state index in [1.54, 1.807) is 0 Å². The number of fused-ring (bicyclic) bond motifs is 2. The lowest BCUT2D eigenvalue weighted by Crippen LogP contribution is -2.36. The van der Waals surface area contributed by atoms with Gasteiger partial charge in [-0.25, -0.2) is 4.79 Å². The van der Waals surface area contributed by atoms with Crippen molar-refractivity contribution in [1.29, 1.82) is 0 Å². The highest BCUT2D eigenvalue weighted by atomic mass is 35.5. The molecule has 1 aromatic heterocycles. The van der Waals surface area contributed by atoms with E-state index in [0.29, 0.717) is 11.8 Å². The molecular formula is C15H19ClN4O2. The van der Waals surface area contributed by atoms with Crippen LogP contribution in [0.5, 0.6) is 0 Å². The number of nitrogens with one attached hydrogen (secondary N) is 2. The van der Waals surface area contributed by atoms with Crippen LogP contribution in [0.25, 0.3) is 11.0 Å². The lowest BCUT2D eigenvalue weighted by Gasteiger charge is -2.17. The van der Waals surface area contributed by atoms with Crippen molar-refractivity contribution in [3.63, 3.8) is 0 Å². The highest BCUT2D eigenvalue weighted by molar-refractivity contribution is 5.85. The fraction of sp³-hybridized carbons (Fsp3) is 0.467. The van der Waals surface area contributed by atoms with E-state index in [1.165, 1.54) is 4.57 Å². The van der Waals surface area contributed by atoms with E-state index < -0.39 is 0 Å². The molecule has 0 bridgehead atoms. The first kappa shape index (κ1) is 15.1. The number of likely N-dealkylation sites (tertiary alicyclic amines) is 1. The molecule has 0 saturated carbocycles. The molecule has 2 N–H and O–H groups in total. The molecule has 1 aromatic carbocycles. The van der Waals surface area contributed by atoms with Crippen molar-refractivity contribution in [2.75, 3.05) is 26.2 Å². The van der Waals surface area contributed by atoms with Crippen molar-refractivity contribution in [3.8, 4) is 0 Å². The van der Waals surface area contributed by atoms with E-state index in [2.05, 4.69) is 10.3 Å². The number of para-hydroxylation sites is 2. The fourth-order valence-electron chi connectivity index (χ4n) is 3.56. The molecule has 2 atom stereocenters. The van der Waals surface area contributed by atoms with Crippen LogP contribution in [-0.4, -0.2) is 46.5 Å². The summed E-state index contributed by atoms with van der Waals surface area (Å²) in [6.07, 6.45) is 0. The second-order valence-electron chi connectivity index (χ2n) is 6.01. The zero-order valence-electron chi connectivity index (χ0n) is 12.1. The maximum Gasteiger partial charge on any atom is 0.326 e. The molecule has 0 spiro atoms. The summed E-state index contributed by atoms with van der Waals surface area (Å²) < 4.78 is 1.53. The molecule has 6 nitrogen and oxygen atoms in total. The highest BCUT2D eigenvalue weighted by Gasteiger charge is 2.38. The van der Waals surface area contributed by atoms with Crippen molar-refractivity contribution < 1.29 is 4.79 Å². The molecule has 3 heterocycles. The molecule has 0 unspecified atom stereocenters. The van der Waals surface area contributed by atoms with Gasteiger partial charge in [0.15, 0.2) is 0 Å². The molecule has 2 fully saturated rings. The lowest BCUT2D eigenvalue weighted by molar-refractivity contribution is -0.131. The molecule has 2 aliphatic rings. The Kier molecular flexibility index (Phi) is 3.97. The van der Waals surface area contributed by atoms with Crippen LogP contribution in [0.15, 0.2) is 29.1 Å². The number of benzene rings is 1. The molecule has 1 amide bonds. The number of hydrogen-bond acceptors (Lipinski definition) is 3. The third-order valence-corrected chi connectivity index (χ3v) is 4.72. The van der Waals surface area contributed by atoms with E-state index in [4.69, 9.17) is 0 Å². The summed E-state index contributed by atoms with van der Waals surface area (Å²) in [6.45, 7) is 3.75. The van der Waals surface area contributed by atoms with Gasteiger partial charge in [-0.15, -0.1) is 12.4 Å². The Morgan fingerprint density at radius 2 is 1.86 bits per heavy atom. The topological polar surface area (TPSA) is 70.1 Å². The predicted octanol–water partition coefficient (Wildman–Crippen LogP) is 0.429. The Balaban J connectivity index is 0.00000144. The summed E-state index contributed by atoms with van der Waals surface area (Å²) >= 11 is 0. The Morgan fingerprint density at radius 3 is 2.59 bits per heavy atom. The third-order valence-electron chi connectivity index (χ3n) is 4.72. The molecule has 2 aromatic rings. The van der Waals surface area contributed by atoms with E-state index in [0.717, 1.165) is 37.2 Å². The summed E-state index contributed by atoms with van der Waals surface area (Å²) in [5.74, 6) is 1.19. The second-order valence-corrected chi connectivity index (χ2v) is 6.01. The summed E-state index contributed by atoms with van der Waals surface area (Å²) in [7, 11) is 0. The highest BCUT2D eigenvalue weighted by Crippen LogP contribution is 2.26. The maximum atomic E-state index is 12.5. The van der Waals surface area contributed by atoms with Crippen LogP contribution in [0.4, 0.5) is 0 Å². The quantitative estimate of drug-likeness (QED) is 0.842. The number of halogens is 1. The molecule has 2 saturated heterocycles. The molecule has 4 rings (SSSR count). The number of carbonyl (C=O) groups excluding carboxylic acids is 1. The van der Waals surface area contributed by atoms with Crippen LogP contribution in [-0.2, 0) is 11.3 Å². The van der Waals surface area contributed by atoms with E-state index in [-0.39, 0.29) is 30.5 Å². The minimum atomic E-state index is -0.217. The lowest BCUT2D eigenvalue weighted by atomic mass is 10.0. The molecule has 22 heavy (non-hydrogen) atoms. The van der Waals surface area contributed by atoms with Crippen LogP contribution >= 0.6 is 12.4 Å². The van der Waals surface area contributed by atoms with Crippen LogP contribution in [0.3, 0.4) is 0 Å². The molecule has 118 valence electrons. The van der Waals surface area contributed by atoms with E-state index in [1.807, 2.05) is 29.2 Å². The third kappa shape index (κ3) is 2.42. The number of amides is 1. The number of aromatic amines is 1. The monoisotopic (exact) mass is 322 g/mol. The standard InChI is InChI=1S/C15H18N4O2.ClH/c20-14(18-7-10-5-16-6-11(10)8-18)9-19-13-4-2-1-3-12(13)17-15(19)21;/h1-4,10-11,16H,5-9H2,(H,17,21);1H/t10-,11+;. The minimum Gasteiger partial charge on any atom is -0.340 e. The number of aromatic nitrogens is 2. The number of H-pyrrole nitrogens is 1. The first-order chi connectivity index (χ1) is 10.2. The molecule has 0 aliphatic carbocycles. The Labute approximate surface area is 133 Å². The number of carbonyl (C=O) groups is 1.